The first-order valence-electron chi connectivity index (χ1n) is 7.08. The Labute approximate surface area is 133 Å². The van der Waals surface area contributed by atoms with Gasteiger partial charge in [-0.15, -0.1) is 0 Å². The number of para-hydroxylation sites is 2. The van der Waals surface area contributed by atoms with E-state index in [-0.39, 0.29) is 16.9 Å². The number of rotatable bonds is 4. The third-order valence-electron chi connectivity index (χ3n) is 3.23. The Bertz CT molecular complexity index is 706. The molecule has 23 heavy (non-hydrogen) atoms. The van der Waals surface area contributed by atoms with Crippen LogP contribution >= 0.6 is 0 Å². The summed E-state index contributed by atoms with van der Waals surface area (Å²) in [5.41, 5.74) is 1.08. The van der Waals surface area contributed by atoms with Gasteiger partial charge in [0.15, 0.2) is 0 Å². The number of aryl methyl sites for hydroxylation is 1. The molecule has 5 nitrogen and oxygen atoms in total. The molecule has 0 unspecified atom stereocenters. The molecule has 1 aromatic heterocycles. The minimum Gasteiger partial charge on any atom is -0.433 e. The van der Waals surface area contributed by atoms with Gasteiger partial charge < -0.3 is 10.1 Å². The Balaban J connectivity index is 2.25. The van der Waals surface area contributed by atoms with E-state index >= 15 is 0 Å². The lowest BCUT2D eigenvalue weighted by molar-refractivity contribution is -0.0493. The van der Waals surface area contributed by atoms with Crippen molar-refractivity contribution in [3.05, 3.63) is 41.7 Å². The molecule has 0 saturated carbocycles. The van der Waals surface area contributed by atoms with Crippen LogP contribution in [0.25, 0.3) is 0 Å². The van der Waals surface area contributed by atoms with Gasteiger partial charge in [0.2, 0.25) is 0 Å². The largest absolute Gasteiger partial charge is 0.433 e. The summed E-state index contributed by atoms with van der Waals surface area (Å²) in [6, 6.07) is 7.72. The molecule has 7 heteroatoms. The van der Waals surface area contributed by atoms with E-state index < -0.39 is 12.5 Å². The van der Waals surface area contributed by atoms with Crippen LogP contribution in [-0.2, 0) is 12.5 Å². The molecule has 0 bridgehead atoms. The molecule has 0 radical (unpaired) electrons. The van der Waals surface area contributed by atoms with Crippen molar-refractivity contribution in [2.45, 2.75) is 32.8 Å². The number of halogens is 2. The van der Waals surface area contributed by atoms with Crippen LogP contribution in [0.5, 0.6) is 5.75 Å². The number of alkyl halides is 2. The molecule has 1 N–H and O–H groups in total. The van der Waals surface area contributed by atoms with E-state index in [1.165, 1.54) is 16.8 Å². The number of carbonyl (C=O) groups is 1. The van der Waals surface area contributed by atoms with Crippen LogP contribution in [0.15, 0.2) is 30.3 Å². The molecule has 0 aliphatic heterocycles. The van der Waals surface area contributed by atoms with Crippen molar-refractivity contribution in [2.24, 2.45) is 7.05 Å². The lowest BCUT2D eigenvalue weighted by atomic mass is 9.92. The van der Waals surface area contributed by atoms with Crippen LogP contribution in [-0.4, -0.2) is 22.3 Å². The average molecular weight is 323 g/mol. The van der Waals surface area contributed by atoms with Crippen molar-refractivity contribution >= 4 is 11.6 Å². The topological polar surface area (TPSA) is 56.2 Å². The van der Waals surface area contributed by atoms with E-state index in [1.54, 1.807) is 25.2 Å². The molecular formula is C16H19F2N3O2. The highest BCUT2D eigenvalue weighted by Gasteiger charge is 2.22. The normalized spacial score (nSPS) is 11.6. The summed E-state index contributed by atoms with van der Waals surface area (Å²) in [4.78, 5) is 12.4. The molecule has 2 aromatic rings. The van der Waals surface area contributed by atoms with E-state index in [4.69, 9.17) is 0 Å². The first-order valence-corrected chi connectivity index (χ1v) is 7.08. The molecule has 0 fully saturated rings. The van der Waals surface area contributed by atoms with Gasteiger partial charge in [0.25, 0.3) is 5.91 Å². The zero-order chi connectivity index (χ0) is 17.2. The highest BCUT2D eigenvalue weighted by Crippen LogP contribution is 2.27. The first-order chi connectivity index (χ1) is 10.7. The van der Waals surface area contributed by atoms with E-state index in [0.29, 0.717) is 5.69 Å². The fourth-order valence-electron chi connectivity index (χ4n) is 2.00. The van der Waals surface area contributed by atoms with Gasteiger partial charge in [0, 0.05) is 12.5 Å². The maximum atomic E-state index is 12.4. The monoisotopic (exact) mass is 323 g/mol. The van der Waals surface area contributed by atoms with Gasteiger partial charge in [-0.2, -0.15) is 13.9 Å². The molecule has 0 atom stereocenters. The third-order valence-corrected chi connectivity index (χ3v) is 3.23. The second kappa shape index (κ2) is 6.36. The van der Waals surface area contributed by atoms with Crippen LogP contribution in [0.1, 0.15) is 37.0 Å². The first kappa shape index (κ1) is 16.9. The molecule has 0 aliphatic rings. The highest BCUT2D eigenvalue weighted by molar-refractivity contribution is 6.04. The number of nitrogens with one attached hydrogen (secondary N) is 1. The molecule has 124 valence electrons. The number of hydrogen-bond donors (Lipinski definition) is 1. The Hall–Kier alpha value is -2.44. The van der Waals surface area contributed by atoms with Crippen molar-refractivity contribution in [2.75, 3.05) is 5.32 Å². The molecule has 0 saturated heterocycles. The fraction of sp³-hybridized carbons (Fsp3) is 0.375. The summed E-state index contributed by atoms with van der Waals surface area (Å²) in [5, 5.41) is 6.90. The van der Waals surface area contributed by atoms with Crippen LogP contribution in [0.3, 0.4) is 0 Å². The zero-order valence-corrected chi connectivity index (χ0v) is 13.4. The van der Waals surface area contributed by atoms with Gasteiger partial charge in [-0.1, -0.05) is 32.9 Å². The van der Waals surface area contributed by atoms with Crippen molar-refractivity contribution in [3.63, 3.8) is 0 Å². The highest BCUT2D eigenvalue weighted by atomic mass is 19.3. The number of hydrogen-bond acceptors (Lipinski definition) is 3. The molecule has 2 rings (SSSR count). The second-order valence-electron chi connectivity index (χ2n) is 6.12. The fourth-order valence-corrected chi connectivity index (χ4v) is 2.00. The second-order valence-corrected chi connectivity index (χ2v) is 6.12. The van der Waals surface area contributed by atoms with Crippen LogP contribution in [0, 0.1) is 0 Å². The summed E-state index contributed by atoms with van der Waals surface area (Å²) >= 11 is 0. The number of amides is 1. The molecular weight excluding hydrogens is 304 g/mol. The van der Waals surface area contributed by atoms with Gasteiger partial charge in [-0.25, -0.2) is 0 Å². The van der Waals surface area contributed by atoms with Crippen molar-refractivity contribution in [3.8, 4) is 5.75 Å². The van der Waals surface area contributed by atoms with Gasteiger partial charge in [-0.05, 0) is 18.2 Å². The maximum absolute atomic E-state index is 12.4. The van der Waals surface area contributed by atoms with Gasteiger partial charge in [-0.3, -0.25) is 9.48 Å². The summed E-state index contributed by atoms with van der Waals surface area (Å²) in [6.07, 6.45) is 0. The van der Waals surface area contributed by atoms with Crippen LogP contribution in [0.4, 0.5) is 14.5 Å². The Morgan fingerprint density at radius 2 is 1.96 bits per heavy atom. The molecule has 1 aromatic carbocycles. The Kier molecular flexibility index (Phi) is 4.68. The van der Waals surface area contributed by atoms with E-state index in [9.17, 15) is 13.6 Å². The average Bonchev–Trinajstić information content (AvgIpc) is 2.82. The van der Waals surface area contributed by atoms with Crippen molar-refractivity contribution < 1.29 is 18.3 Å². The minimum atomic E-state index is -2.96. The van der Waals surface area contributed by atoms with E-state index in [0.717, 1.165) is 5.69 Å². The van der Waals surface area contributed by atoms with Crippen molar-refractivity contribution in [1.82, 2.24) is 9.78 Å². The maximum Gasteiger partial charge on any atom is 0.387 e. The molecule has 1 amide bonds. The number of anilines is 1. The van der Waals surface area contributed by atoms with Gasteiger partial charge >= 0.3 is 6.61 Å². The van der Waals surface area contributed by atoms with Crippen LogP contribution in [0.2, 0.25) is 0 Å². The summed E-state index contributed by atoms with van der Waals surface area (Å²) in [5.74, 6) is -0.533. The third kappa shape index (κ3) is 4.06. The number of carbonyl (C=O) groups excluding carboxylic acids is 1. The molecule has 1 heterocycles. The Morgan fingerprint density at radius 3 is 2.52 bits per heavy atom. The van der Waals surface area contributed by atoms with Crippen molar-refractivity contribution in [1.29, 1.82) is 0 Å². The summed E-state index contributed by atoms with van der Waals surface area (Å²) in [6.45, 7) is 3.01. The number of aromatic nitrogens is 2. The lowest BCUT2D eigenvalue weighted by Gasteiger charge is -2.13. The lowest BCUT2D eigenvalue weighted by Crippen LogP contribution is -2.17. The van der Waals surface area contributed by atoms with Gasteiger partial charge in [0.05, 0.1) is 11.4 Å². The predicted octanol–water partition coefficient (Wildman–Crippen LogP) is 3.57. The predicted molar refractivity (Wildman–Crippen MR) is 82.9 cm³/mol. The van der Waals surface area contributed by atoms with E-state index in [2.05, 4.69) is 15.2 Å². The SMILES string of the molecule is Cn1nc(C(C)(C)C)cc1C(=O)Nc1ccccc1OC(F)F. The van der Waals surface area contributed by atoms with Crippen LogP contribution < -0.4 is 10.1 Å². The quantitative estimate of drug-likeness (QED) is 0.936. The standard InChI is InChI=1S/C16H19F2N3O2/c1-16(2,3)13-9-11(21(4)20-13)14(22)19-10-7-5-6-8-12(10)23-15(17)18/h5-9,15H,1-4H3,(H,19,22). The summed E-state index contributed by atoms with van der Waals surface area (Å²) in [7, 11) is 1.66. The Morgan fingerprint density at radius 1 is 1.30 bits per heavy atom. The molecule has 0 aliphatic carbocycles. The zero-order valence-electron chi connectivity index (χ0n) is 13.4. The summed E-state index contributed by atoms with van der Waals surface area (Å²) < 4.78 is 30.7. The molecule has 0 spiro atoms. The number of nitrogens with zero attached hydrogens (tertiary/aromatic N) is 2. The van der Waals surface area contributed by atoms with Gasteiger partial charge in [0.1, 0.15) is 11.4 Å². The smallest absolute Gasteiger partial charge is 0.387 e. The number of benzene rings is 1. The number of ether oxygens (including phenoxy) is 1. The minimum absolute atomic E-state index is 0.0888. The van der Waals surface area contributed by atoms with E-state index in [1.807, 2.05) is 20.8 Å².